The molecule has 6 nitrogen and oxygen atoms in total. The molecule has 0 radical (unpaired) electrons. The van der Waals surface area contributed by atoms with Crippen molar-refractivity contribution >= 4 is 50.9 Å². The van der Waals surface area contributed by atoms with E-state index in [1.54, 1.807) is 17.8 Å². The maximum Gasteiger partial charge on any atom is 0.283 e. The number of carbonyl (C=O) groups is 1. The number of amidine groups is 2. The number of rotatable bonds is 3. The molecular formula is C21H21N5OS2. The Morgan fingerprint density at radius 2 is 2.00 bits per heavy atom. The summed E-state index contributed by atoms with van der Waals surface area (Å²) in [6.45, 7) is 8.19. The lowest BCUT2D eigenvalue weighted by molar-refractivity contribution is -0.114. The van der Waals surface area contributed by atoms with E-state index in [2.05, 4.69) is 33.7 Å². The van der Waals surface area contributed by atoms with Gasteiger partial charge in [-0.2, -0.15) is 10.0 Å². The SMILES string of the molecule is CCSC1=NN2C(=N)/C(=C/c3cc(C)n(-c4ccccc4C)c3C)C(=O)N=C2S1. The Hall–Kier alpha value is -2.58. The first-order valence-corrected chi connectivity index (χ1v) is 11.1. The van der Waals surface area contributed by atoms with Crippen molar-refractivity contribution in [1.29, 1.82) is 5.41 Å². The van der Waals surface area contributed by atoms with E-state index in [4.69, 9.17) is 5.41 Å². The van der Waals surface area contributed by atoms with E-state index in [9.17, 15) is 4.79 Å². The highest BCUT2D eigenvalue weighted by Crippen LogP contribution is 2.33. The Morgan fingerprint density at radius 1 is 1.24 bits per heavy atom. The standard InChI is InChI=1S/C21H21N5OS2/c1-5-28-21-24-26-18(22)16(19(27)23-20(26)29-21)11-15-10-13(3)25(14(15)4)17-9-7-6-8-12(17)2/h6-11,22H,5H2,1-4H3/b16-11-,22-18?. The van der Waals surface area contributed by atoms with E-state index in [0.717, 1.165) is 32.8 Å². The lowest BCUT2D eigenvalue weighted by atomic mass is 10.1. The maximum absolute atomic E-state index is 12.6. The summed E-state index contributed by atoms with van der Waals surface area (Å²) in [5, 5.41) is 14.9. The van der Waals surface area contributed by atoms with E-state index in [0.29, 0.717) is 5.17 Å². The quantitative estimate of drug-likeness (QED) is 0.724. The number of hydrogen-bond donors (Lipinski definition) is 1. The molecule has 0 spiro atoms. The average molecular weight is 424 g/mol. The molecule has 8 heteroatoms. The topological polar surface area (TPSA) is 73.8 Å². The molecule has 148 valence electrons. The Labute approximate surface area is 178 Å². The highest BCUT2D eigenvalue weighted by Gasteiger charge is 2.35. The van der Waals surface area contributed by atoms with Crippen LogP contribution in [0.5, 0.6) is 0 Å². The number of carbonyl (C=O) groups excluding carboxylic acids is 1. The number of hydrogen-bond acceptors (Lipinski definition) is 5. The van der Waals surface area contributed by atoms with E-state index >= 15 is 0 Å². The fourth-order valence-corrected chi connectivity index (χ4v) is 5.26. The van der Waals surface area contributed by atoms with Crippen molar-refractivity contribution in [3.63, 3.8) is 0 Å². The highest BCUT2D eigenvalue weighted by atomic mass is 32.2. The molecule has 0 bridgehead atoms. The molecule has 0 unspecified atom stereocenters. The molecule has 0 fully saturated rings. The van der Waals surface area contributed by atoms with Gasteiger partial charge in [0.05, 0.1) is 5.57 Å². The molecule has 1 aromatic heterocycles. The number of nitrogens with zero attached hydrogens (tertiary/aromatic N) is 4. The molecule has 0 aliphatic carbocycles. The van der Waals surface area contributed by atoms with Gasteiger partial charge in [-0.1, -0.05) is 36.9 Å². The number of nitrogens with one attached hydrogen (secondary N) is 1. The molecule has 29 heavy (non-hydrogen) atoms. The van der Waals surface area contributed by atoms with Gasteiger partial charge in [-0.05, 0) is 67.6 Å². The van der Waals surface area contributed by atoms with Crippen LogP contribution in [0, 0.1) is 26.2 Å². The van der Waals surface area contributed by atoms with Crippen LogP contribution in [-0.2, 0) is 4.79 Å². The van der Waals surface area contributed by atoms with Crippen LogP contribution < -0.4 is 0 Å². The summed E-state index contributed by atoms with van der Waals surface area (Å²) in [5.74, 6) is 0.550. The molecule has 1 amide bonds. The zero-order chi connectivity index (χ0) is 20.7. The molecule has 3 heterocycles. The number of para-hydroxylation sites is 1. The third-order valence-corrected chi connectivity index (χ3v) is 6.75. The lowest BCUT2D eigenvalue weighted by Crippen LogP contribution is -2.35. The van der Waals surface area contributed by atoms with Crippen molar-refractivity contribution in [2.75, 3.05) is 5.75 Å². The van der Waals surface area contributed by atoms with E-state index in [1.807, 2.05) is 39.0 Å². The third-order valence-electron chi connectivity index (χ3n) is 4.83. The van der Waals surface area contributed by atoms with E-state index in [-0.39, 0.29) is 11.4 Å². The average Bonchev–Trinajstić information content (AvgIpc) is 3.20. The lowest BCUT2D eigenvalue weighted by Gasteiger charge is -2.20. The van der Waals surface area contributed by atoms with Crippen molar-refractivity contribution in [1.82, 2.24) is 9.58 Å². The fraction of sp³-hybridized carbons (Fsp3) is 0.238. The minimum absolute atomic E-state index is 0.0693. The van der Waals surface area contributed by atoms with Gasteiger partial charge in [0.25, 0.3) is 5.91 Å². The zero-order valence-corrected chi connectivity index (χ0v) is 18.3. The molecule has 2 aliphatic heterocycles. The second-order valence-corrected chi connectivity index (χ2v) is 9.23. The van der Waals surface area contributed by atoms with Crippen molar-refractivity contribution in [2.24, 2.45) is 10.1 Å². The number of hydrazone groups is 1. The van der Waals surface area contributed by atoms with Gasteiger partial charge < -0.3 is 4.57 Å². The van der Waals surface area contributed by atoms with Crippen LogP contribution in [0.1, 0.15) is 29.4 Å². The highest BCUT2D eigenvalue weighted by molar-refractivity contribution is 8.45. The summed E-state index contributed by atoms with van der Waals surface area (Å²) in [5.41, 5.74) is 5.52. The van der Waals surface area contributed by atoms with Gasteiger partial charge >= 0.3 is 0 Å². The van der Waals surface area contributed by atoms with Crippen molar-refractivity contribution in [2.45, 2.75) is 27.7 Å². The minimum atomic E-state index is -0.396. The summed E-state index contributed by atoms with van der Waals surface area (Å²) in [6.07, 6.45) is 1.76. The summed E-state index contributed by atoms with van der Waals surface area (Å²) >= 11 is 2.92. The molecule has 1 N–H and O–H groups in total. The molecule has 4 rings (SSSR count). The molecule has 0 saturated heterocycles. The van der Waals surface area contributed by atoms with E-state index < -0.39 is 5.91 Å². The first kappa shape index (κ1) is 19.7. The van der Waals surface area contributed by atoms with Crippen molar-refractivity contribution in [3.8, 4) is 5.69 Å². The largest absolute Gasteiger partial charge is 0.318 e. The number of aryl methyl sites for hydroxylation is 2. The smallest absolute Gasteiger partial charge is 0.283 e. The monoisotopic (exact) mass is 423 g/mol. The van der Waals surface area contributed by atoms with Crippen LogP contribution in [0.2, 0.25) is 0 Å². The van der Waals surface area contributed by atoms with Gasteiger partial charge in [-0.25, -0.2) is 0 Å². The molecule has 0 saturated carbocycles. The van der Waals surface area contributed by atoms with Crippen LogP contribution in [-0.4, -0.2) is 36.6 Å². The van der Waals surface area contributed by atoms with Gasteiger partial charge in [-0.3, -0.25) is 10.2 Å². The first-order valence-electron chi connectivity index (χ1n) is 9.28. The predicted octanol–water partition coefficient (Wildman–Crippen LogP) is 4.73. The number of aliphatic imine (C=N–C) groups is 1. The molecule has 2 aromatic rings. The van der Waals surface area contributed by atoms with Crippen LogP contribution >= 0.6 is 23.5 Å². The summed E-state index contributed by atoms with van der Waals surface area (Å²) in [6, 6.07) is 10.2. The van der Waals surface area contributed by atoms with Gasteiger partial charge in [0, 0.05) is 17.1 Å². The maximum atomic E-state index is 12.6. The molecule has 0 atom stereocenters. The van der Waals surface area contributed by atoms with Crippen LogP contribution in [0.4, 0.5) is 0 Å². The zero-order valence-electron chi connectivity index (χ0n) is 16.7. The Kier molecular flexibility index (Phi) is 5.23. The number of thioether (sulfide) groups is 2. The van der Waals surface area contributed by atoms with Crippen LogP contribution in [0.15, 0.2) is 46.0 Å². The minimum Gasteiger partial charge on any atom is -0.318 e. The Balaban J connectivity index is 1.74. The van der Waals surface area contributed by atoms with Crippen LogP contribution in [0.3, 0.4) is 0 Å². The van der Waals surface area contributed by atoms with Gasteiger partial charge in [0.1, 0.15) is 0 Å². The predicted molar refractivity (Wildman–Crippen MR) is 123 cm³/mol. The van der Waals surface area contributed by atoms with Crippen molar-refractivity contribution in [3.05, 3.63) is 58.4 Å². The van der Waals surface area contributed by atoms with E-state index in [1.165, 1.54) is 22.3 Å². The van der Waals surface area contributed by atoms with Gasteiger partial charge in [0.15, 0.2) is 10.2 Å². The first-order chi connectivity index (χ1) is 13.9. The van der Waals surface area contributed by atoms with Gasteiger partial charge in [0.2, 0.25) is 5.17 Å². The Bertz CT molecular complexity index is 1130. The molecule has 1 aromatic carbocycles. The summed E-state index contributed by atoms with van der Waals surface area (Å²) in [7, 11) is 0. The normalized spacial score (nSPS) is 17.7. The molecular weight excluding hydrogens is 402 g/mol. The second kappa shape index (κ2) is 7.68. The second-order valence-electron chi connectivity index (χ2n) is 6.77. The summed E-state index contributed by atoms with van der Waals surface area (Å²) < 4.78 is 2.98. The number of benzene rings is 1. The fourth-order valence-electron chi connectivity index (χ4n) is 3.43. The molecule has 2 aliphatic rings. The summed E-state index contributed by atoms with van der Waals surface area (Å²) in [4.78, 5) is 16.8. The number of fused-ring (bicyclic) bond motifs is 1. The van der Waals surface area contributed by atoms with Crippen molar-refractivity contribution < 1.29 is 4.79 Å². The number of aromatic nitrogens is 1. The third kappa shape index (κ3) is 3.47. The number of amides is 1. The Morgan fingerprint density at radius 3 is 2.72 bits per heavy atom. The van der Waals surface area contributed by atoms with Crippen LogP contribution in [0.25, 0.3) is 11.8 Å². The van der Waals surface area contributed by atoms with Gasteiger partial charge in [-0.15, -0.1) is 5.10 Å².